The minimum atomic E-state index is 1.11. The average Bonchev–Trinajstić information content (AvgIpc) is 1.91. The van der Waals surface area contributed by atoms with Crippen molar-refractivity contribution in [3.05, 3.63) is 24.2 Å². The van der Waals surface area contributed by atoms with Gasteiger partial charge >= 0.3 is 0 Å². The van der Waals surface area contributed by atoms with Gasteiger partial charge in [0, 0.05) is 20.3 Å². The summed E-state index contributed by atoms with van der Waals surface area (Å²) < 4.78 is 0. The van der Waals surface area contributed by atoms with E-state index >= 15 is 0 Å². The maximum Gasteiger partial charge on any atom is 0.100 e. The van der Waals surface area contributed by atoms with Crippen LogP contribution >= 0.6 is 0 Å². The molecule has 0 fully saturated rings. The molecule has 0 rings (SSSR count). The molecule has 0 aromatic heterocycles. The molecule has 0 aromatic carbocycles. The molecule has 0 heterocycles. The summed E-state index contributed by atoms with van der Waals surface area (Å²) in [6, 6.07) is 0. The van der Waals surface area contributed by atoms with Gasteiger partial charge in [0.1, 0.15) is 5.82 Å². The molecule has 0 unspecified atom stereocenters. The minimum absolute atomic E-state index is 1.11. The normalized spacial score (nSPS) is 12.2. The maximum absolute atomic E-state index is 3.07. The summed E-state index contributed by atoms with van der Waals surface area (Å²) in [6.07, 6.45) is 6.03. The van der Waals surface area contributed by atoms with Crippen LogP contribution in [0.25, 0.3) is 0 Å². The van der Waals surface area contributed by atoms with Gasteiger partial charge in [-0.05, 0) is 19.9 Å². The molecular weight excluding hydrogens is 124 g/mol. The molecule has 0 atom stereocenters. The Labute approximate surface area is 63.2 Å². The summed E-state index contributed by atoms with van der Waals surface area (Å²) >= 11 is 0. The van der Waals surface area contributed by atoms with Crippen LogP contribution in [0.2, 0.25) is 0 Å². The monoisotopic (exact) mass is 140 g/mol. The van der Waals surface area contributed by atoms with Gasteiger partial charge in [-0.15, -0.1) is 0 Å². The highest BCUT2D eigenvalue weighted by Crippen LogP contribution is 1.95. The van der Waals surface area contributed by atoms with Gasteiger partial charge in [-0.1, -0.05) is 6.08 Å². The zero-order valence-corrected chi connectivity index (χ0v) is 7.18. The number of rotatable bonds is 3. The van der Waals surface area contributed by atoms with E-state index in [1.165, 1.54) is 0 Å². The van der Waals surface area contributed by atoms with Crippen LogP contribution in [0, 0.1) is 0 Å². The zero-order valence-electron chi connectivity index (χ0n) is 7.18. The van der Waals surface area contributed by atoms with Crippen LogP contribution in [-0.2, 0) is 0 Å². The average molecular weight is 140 g/mol. The highest BCUT2D eigenvalue weighted by molar-refractivity contribution is 4.99. The van der Waals surface area contributed by atoms with E-state index in [0.717, 1.165) is 5.82 Å². The Morgan fingerprint density at radius 2 is 2.00 bits per heavy atom. The second-order valence-electron chi connectivity index (χ2n) is 2.02. The van der Waals surface area contributed by atoms with Crippen LogP contribution in [0.5, 0.6) is 0 Å². The van der Waals surface area contributed by atoms with E-state index in [0.29, 0.717) is 0 Å². The van der Waals surface area contributed by atoms with Crippen LogP contribution in [0.4, 0.5) is 0 Å². The van der Waals surface area contributed by atoms with Crippen molar-refractivity contribution < 1.29 is 0 Å². The SMILES string of the molecule is C/C=C\N(C)/C(=C\C)NC. The molecular formula is C8H16N2. The van der Waals surface area contributed by atoms with Gasteiger partial charge in [-0.25, -0.2) is 0 Å². The Bertz CT molecular complexity index is 136. The second-order valence-corrected chi connectivity index (χ2v) is 2.02. The standard InChI is InChI=1S/C8H16N2/c1-5-7-10(4)8(6-2)9-3/h5-7,9H,1-4H3/b7-5-,8-6-. The van der Waals surface area contributed by atoms with Crippen LogP contribution in [0.3, 0.4) is 0 Å². The lowest BCUT2D eigenvalue weighted by Crippen LogP contribution is -2.20. The molecule has 0 saturated heterocycles. The van der Waals surface area contributed by atoms with Gasteiger partial charge < -0.3 is 10.2 Å². The first kappa shape index (κ1) is 9.08. The molecule has 0 aliphatic carbocycles. The van der Waals surface area contributed by atoms with E-state index in [2.05, 4.69) is 5.32 Å². The Morgan fingerprint density at radius 3 is 2.30 bits per heavy atom. The Balaban J connectivity index is 4.03. The Kier molecular flexibility index (Phi) is 4.46. The molecule has 0 radical (unpaired) electrons. The molecule has 0 saturated carbocycles. The molecule has 0 spiro atoms. The second kappa shape index (κ2) is 4.91. The molecule has 2 nitrogen and oxygen atoms in total. The first-order valence-corrected chi connectivity index (χ1v) is 3.46. The summed E-state index contributed by atoms with van der Waals surface area (Å²) in [7, 11) is 3.92. The van der Waals surface area contributed by atoms with Gasteiger partial charge in [0.2, 0.25) is 0 Å². The fourth-order valence-electron chi connectivity index (χ4n) is 0.828. The third kappa shape index (κ3) is 2.58. The fraction of sp³-hybridized carbons (Fsp3) is 0.500. The third-order valence-electron chi connectivity index (χ3n) is 1.28. The summed E-state index contributed by atoms with van der Waals surface area (Å²) in [6.45, 7) is 4.01. The van der Waals surface area contributed by atoms with Crippen molar-refractivity contribution in [3.8, 4) is 0 Å². The molecule has 0 bridgehead atoms. The van der Waals surface area contributed by atoms with Crippen molar-refractivity contribution in [2.75, 3.05) is 14.1 Å². The first-order valence-electron chi connectivity index (χ1n) is 3.46. The number of allylic oxidation sites excluding steroid dienone is 2. The van der Waals surface area contributed by atoms with Crippen LogP contribution < -0.4 is 5.32 Å². The Morgan fingerprint density at radius 1 is 1.40 bits per heavy atom. The molecule has 58 valence electrons. The maximum atomic E-state index is 3.07. The topological polar surface area (TPSA) is 15.3 Å². The third-order valence-corrected chi connectivity index (χ3v) is 1.28. The molecule has 0 aliphatic rings. The lowest BCUT2D eigenvalue weighted by Gasteiger charge is -2.16. The first-order chi connectivity index (χ1) is 4.76. The van der Waals surface area contributed by atoms with Gasteiger partial charge in [0.25, 0.3) is 0 Å². The van der Waals surface area contributed by atoms with Gasteiger partial charge in [0.05, 0.1) is 0 Å². The van der Waals surface area contributed by atoms with Crippen molar-refractivity contribution in [1.29, 1.82) is 0 Å². The smallest absolute Gasteiger partial charge is 0.100 e. The number of nitrogens with one attached hydrogen (secondary N) is 1. The van der Waals surface area contributed by atoms with Crippen molar-refractivity contribution in [2.24, 2.45) is 0 Å². The van der Waals surface area contributed by atoms with E-state index in [9.17, 15) is 0 Å². The van der Waals surface area contributed by atoms with E-state index in [-0.39, 0.29) is 0 Å². The zero-order chi connectivity index (χ0) is 7.98. The van der Waals surface area contributed by atoms with Crippen molar-refractivity contribution in [2.45, 2.75) is 13.8 Å². The number of hydrogen-bond donors (Lipinski definition) is 1. The van der Waals surface area contributed by atoms with Crippen LogP contribution in [-0.4, -0.2) is 19.0 Å². The highest BCUT2D eigenvalue weighted by atomic mass is 15.2. The molecule has 0 amide bonds. The Hall–Kier alpha value is -0.920. The number of hydrogen-bond acceptors (Lipinski definition) is 2. The van der Waals surface area contributed by atoms with Gasteiger partial charge in [0.15, 0.2) is 0 Å². The van der Waals surface area contributed by atoms with Crippen LogP contribution in [0.1, 0.15) is 13.8 Å². The predicted molar refractivity (Wildman–Crippen MR) is 45.4 cm³/mol. The summed E-state index contributed by atoms with van der Waals surface area (Å²) in [5, 5.41) is 3.07. The molecule has 10 heavy (non-hydrogen) atoms. The number of nitrogens with zero attached hydrogens (tertiary/aromatic N) is 1. The summed E-state index contributed by atoms with van der Waals surface area (Å²) in [4.78, 5) is 2.03. The predicted octanol–water partition coefficient (Wildman–Crippen LogP) is 1.53. The van der Waals surface area contributed by atoms with Crippen LogP contribution in [0.15, 0.2) is 24.2 Å². The molecule has 0 aromatic rings. The van der Waals surface area contributed by atoms with E-state index in [1.54, 1.807) is 0 Å². The van der Waals surface area contributed by atoms with Crippen molar-refractivity contribution in [3.63, 3.8) is 0 Å². The summed E-state index contributed by atoms with van der Waals surface area (Å²) in [5.74, 6) is 1.11. The summed E-state index contributed by atoms with van der Waals surface area (Å²) in [5.41, 5.74) is 0. The van der Waals surface area contributed by atoms with Crippen molar-refractivity contribution >= 4 is 0 Å². The molecule has 0 aliphatic heterocycles. The van der Waals surface area contributed by atoms with Gasteiger partial charge in [-0.3, -0.25) is 0 Å². The lowest BCUT2D eigenvalue weighted by atomic mass is 10.5. The van der Waals surface area contributed by atoms with E-state index < -0.39 is 0 Å². The van der Waals surface area contributed by atoms with Gasteiger partial charge in [-0.2, -0.15) is 0 Å². The highest BCUT2D eigenvalue weighted by Gasteiger charge is 1.92. The largest absolute Gasteiger partial charge is 0.375 e. The quantitative estimate of drug-likeness (QED) is 0.639. The fourth-order valence-corrected chi connectivity index (χ4v) is 0.828. The minimum Gasteiger partial charge on any atom is -0.375 e. The van der Waals surface area contributed by atoms with Crippen molar-refractivity contribution in [1.82, 2.24) is 10.2 Å². The molecule has 2 heteroatoms. The van der Waals surface area contributed by atoms with E-state index in [1.807, 2.05) is 51.2 Å². The lowest BCUT2D eigenvalue weighted by molar-refractivity contribution is 0.523. The molecule has 1 N–H and O–H groups in total. The van der Waals surface area contributed by atoms with E-state index in [4.69, 9.17) is 0 Å².